The molecule has 43 heavy (non-hydrogen) atoms. The van der Waals surface area contributed by atoms with Crippen molar-refractivity contribution in [3.05, 3.63) is 132 Å². The van der Waals surface area contributed by atoms with Crippen LogP contribution in [0.5, 0.6) is 11.5 Å². The summed E-state index contributed by atoms with van der Waals surface area (Å²) in [5.74, 6) is 0.917. The van der Waals surface area contributed by atoms with Gasteiger partial charge in [0.15, 0.2) is 0 Å². The Morgan fingerprint density at radius 2 is 1.35 bits per heavy atom. The summed E-state index contributed by atoms with van der Waals surface area (Å²) in [6, 6.07) is 26.3. The summed E-state index contributed by atoms with van der Waals surface area (Å²) in [6.45, 7) is 14.3. The van der Waals surface area contributed by atoms with E-state index in [2.05, 4.69) is 38.1 Å². The van der Waals surface area contributed by atoms with Crippen LogP contribution in [0.4, 0.5) is 0 Å². The first kappa shape index (κ1) is 31.7. The molecule has 0 N–H and O–H groups in total. The van der Waals surface area contributed by atoms with Gasteiger partial charge < -0.3 is 9.47 Å². The Hall–Kier alpha value is -4.18. The highest BCUT2D eigenvalue weighted by Crippen LogP contribution is 2.40. The minimum absolute atomic E-state index is 0.0485. The first-order chi connectivity index (χ1) is 20.4. The minimum Gasteiger partial charge on any atom is -0.488 e. The van der Waals surface area contributed by atoms with E-state index in [1.807, 2.05) is 101 Å². The topological polar surface area (TPSA) is 52.6 Å². The summed E-state index contributed by atoms with van der Waals surface area (Å²) in [7, 11) is 0. The molecule has 4 rings (SSSR count). The second-order valence-corrected chi connectivity index (χ2v) is 12.8. The number of hydrogen-bond acceptors (Lipinski definition) is 4. The third-order valence-electron chi connectivity index (χ3n) is 8.11. The summed E-state index contributed by atoms with van der Waals surface area (Å²) < 4.78 is 11.8. The maximum Gasteiger partial charge on any atom is 0.343 e. The zero-order valence-electron chi connectivity index (χ0n) is 26.5. The molecule has 0 spiro atoms. The molecule has 0 bridgehead atoms. The number of rotatable bonds is 10. The molecule has 0 saturated heterocycles. The number of benzene rings is 3. The standard InChI is InChI=1S/C39H44O4/c1-8-13-28(2)35(40)38(6)26-12-14-29(25-27-38)36(41)42-33-21-17-31(18-22-33)39(7,30-15-10-9-11-16-30)32-19-23-34(24-20-32)43-37(3,4)5/h9-12,14-28H,8,13H2,1-7H3. The molecule has 3 atom stereocenters. The number of allylic oxidation sites excluding steroid dienone is 4. The SMILES string of the molecule is CCCC(C)C(=O)C1(C)C=CC=C(C(=O)Oc2ccc(C(C)(c3ccccc3)c3ccc(OC(C)(C)C)cc3)cc2)C=C1. The van der Waals surface area contributed by atoms with E-state index in [9.17, 15) is 9.59 Å². The average molecular weight is 577 g/mol. The van der Waals surface area contributed by atoms with Gasteiger partial charge in [0, 0.05) is 11.3 Å². The van der Waals surface area contributed by atoms with Gasteiger partial charge in [0.1, 0.15) is 22.9 Å². The van der Waals surface area contributed by atoms with Gasteiger partial charge in [-0.1, -0.05) is 99.2 Å². The van der Waals surface area contributed by atoms with Crippen molar-refractivity contribution in [2.45, 2.75) is 72.3 Å². The molecule has 3 aromatic carbocycles. The van der Waals surface area contributed by atoms with E-state index in [0.29, 0.717) is 11.3 Å². The van der Waals surface area contributed by atoms with Gasteiger partial charge in [-0.15, -0.1) is 0 Å². The molecule has 0 aromatic heterocycles. The van der Waals surface area contributed by atoms with Crippen LogP contribution in [0.2, 0.25) is 0 Å². The number of carbonyl (C=O) groups is 2. The molecule has 0 heterocycles. The van der Waals surface area contributed by atoms with E-state index in [-0.39, 0.29) is 17.3 Å². The van der Waals surface area contributed by atoms with Crippen LogP contribution in [0.15, 0.2) is 115 Å². The van der Waals surface area contributed by atoms with Gasteiger partial charge in [0.25, 0.3) is 0 Å². The Morgan fingerprint density at radius 3 is 1.91 bits per heavy atom. The smallest absolute Gasteiger partial charge is 0.343 e. The fourth-order valence-corrected chi connectivity index (χ4v) is 5.62. The molecule has 1 aliphatic rings. The van der Waals surface area contributed by atoms with Crippen molar-refractivity contribution >= 4 is 11.8 Å². The first-order valence-corrected chi connectivity index (χ1v) is 15.2. The van der Waals surface area contributed by atoms with Crippen molar-refractivity contribution in [2.24, 2.45) is 11.3 Å². The maximum atomic E-state index is 13.1. The summed E-state index contributed by atoms with van der Waals surface area (Å²) in [6.07, 6.45) is 10.6. The molecule has 0 radical (unpaired) electrons. The lowest BCUT2D eigenvalue weighted by atomic mass is 9.71. The van der Waals surface area contributed by atoms with Crippen LogP contribution in [0.1, 0.15) is 78.0 Å². The lowest BCUT2D eigenvalue weighted by Crippen LogP contribution is -2.29. The quantitative estimate of drug-likeness (QED) is 0.137. The van der Waals surface area contributed by atoms with Crippen molar-refractivity contribution in [3.63, 3.8) is 0 Å². The van der Waals surface area contributed by atoms with Gasteiger partial charge >= 0.3 is 5.97 Å². The number of ketones is 1. The molecule has 1 aliphatic carbocycles. The van der Waals surface area contributed by atoms with Crippen LogP contribution < -0.4 is 9.47 Å². The Kier molecular flexibility index (Phi) is 9.59. The zero-order valence-corrected chi connectivity index (χ0v) is 26.5. The number of esters is 1. The van der Waals surface area contributed by atoms with Crippen molar-refractivity contribution in [2.75, 3.05) is 0 Å². The van der Waals surface area contributed by atoms with Gasteiger partial charge in [0.05, 0.1) is 11.0 Å². The Morgan fingerprint density at radius 1 is 0.791 bits per heavy atom. The predicted octanol–water partition coefficient (Wildman–Crippen LogP) is 9.19. The monoisotopic (exact) mass is 576 g/mol. The van der Waals surface area contributed by atoms with Gasteiger partial charge in [-0.05, 0) is 88.1 Å². The molecule has 0 aliphatic heterocycles. The number of carbonyl (C=O) groups excluding carboxylic acids is 2. The third-order valence-corrected chi connectivity index (χ3v) is 8.11. The van der Waals surface area contributed by atoms with Gasteiger partial charge in [-0.3, -0.25) is 4.79 Å². The summed E-state index contributed by atoms with van der Waals surface area (Å²) in [4.78, 5) is 26.2. The molecular weight excluding hydrogens is 532 g/mol. The van der Waals surface area contributed by atoms with Crippen LogP contribution in [0, 0.1) is 11.3 Å². The highest BCUT2D eigenvalue weighted by atomic mass is 16.5. The van der Waals surface area contributed by atoms with Crippen molar-refractivity contribution in [3.8, 4) is 11.5 Å². The van der Waals surface area contributed by atoms with Gasteiger partial charge in [-0.2, -0.15) is 0 Å². The summed E-state index contributed by atoms with van der Waals surface area (Å²) in [5, 5.41) is 0. The Bertz CT molecular complexity index is 1500. The van der Waals surface area contributed by atoms with E-state index >= 15 is 0 Å². The van der Waals surface area contributed by atoms with Crippen LogP contribution >= 0.6 is 0 Å². The molecule has 0 amide bonds. The molecule has 4 nitrogen and oxygen atoms in total. The van der Waals surface area contributed by atoms with Crippen LogP contribution in [0.25, 0.3) is 0 Å². The minimum atomic E-state index is -0.756. The Balaban J connectivity index is 1.55. The zero-order chi connectivity index (χ0) is 31.3. The van der Waals surface area contributed by atoms with Crippen molar-refractivity contribution in [1.82, 2.24) is 0 Å². The summed E-state index contributed by atoms with van der Waals surface area (Å²) >= 11 is 0. The second kappa shape index (κ2) is 13.0. The largest absolute Gasteiger partial charge is 0.488 e. The number of ether oxygens (including phenoxy) is 2. The fourth-order valence-electron chi connectivity index (χ4n) is 5.62. The highest BCUT2D eigenvalue weighted by Gasteiger charge is 2.33. The van der Waals surface area contributed by atoms with Gasteiger partial charge in [-0.25, -0.2) is 4.79 Å². The summed E-state index contributed by atoms with van der Waals surface area (Å²) in [5.41, 5.74) is 2.25. The van der Waals surface area contributed by atoms with Crippen LogP contribution in [0.3, 0.4) is 0 Å². The number of hydrogen-bond donors (Lipinski definition) is 0. The van der Waals surface area contributed by atoms with E-state index in [1.165, 1.54) is 0 Å². The van der Waals surface area contributed by atoms with Gasteiger partial charge in [0.2, 0.25) is 0 Å². The van der Waals surface area contributed by atoms with Crippen LogP contribution in [-0.2, 0) is 15.0 Å². The van der Waals surface area contributed by atoms with E-state index in [0.717, 1.165) is 35.3 Å². The molecular formula is C39H44O4. The Labute approximate surface area is 257 Å². The maximum absolute atomic E-state index is 13.1. The van der Waals surface area contributed by atoms with E-state index in [1.54, 1.807) is 18.2 Å². The molecule has 3 aromatic rings. The molecule has 0 saturated carbocycles. The third kappa shape index (κ3) is 7.43. The van der Waals surface area contributed by atoms with E-state index < -0.39 is 16.8 Å². The molecule has 0 fully saturated rings. The van der Waals surface area contributed by atoms with Crippen LogP contribution in [-0.4, -0.2) is 17.4 Å². The fraction of sp³-hybridized carbons (Fsp3) is 0.333. The first-order valence-electron chi connectivity index (χ1n) is 15.2. The molecule has 224 valence electrons. The van der Waals surface area contributed by atoms with E-state index in [4.69, 9.17) is 9.47 Å². The lowest BCUT2D eigenvalue weighted by Gasteiger charge is -2.32. The lowest BCUT2D eigenvalue weighted by molar-refractivity contribution is -0.130. The highest BCUT2D eigenvalue weighted by molar-refractivity contribution is 5.95. The normalized spacial score (nSPS) is 18.6. The second-order valence-electron chi connectivity index (χ2n) is 12.8. The number of Topliss-reactive ketones (excluding diaryl/α,β-unsaturated/α-hetero) is 1. The average Bonchev–Trinajstić information content (AvgIpc) is 3.19. The van der Waals surface area contributed by atoms with Crippen molar-refractivity contribution < 1.29 is 19.1 Å². The molecule has 3 unspecified atom stereocenters. The molecule has 4 heteroatoms. The predicted molar refractivity (Wildman–Crippen MR) is 174 cm³/mol. The van der Waals surface area contributed by atoms with Crippen molar-refractivity contribution in [1.29, 1.82) is 0 Å².